The molecule has 3 unspecified atom stereocenters. The molecule has 176 valence electrons. The summed E-state index contributed by atoms with van der Waals surface area (Å²) in [5.74, 6) is -14.8. The van der Waals surface area contributed by atoms with Crippen LogP contribution < -0.4 is 14.1 Å². The van der Waals surface area contributed by atoms with Crippen molar-refractivity contribution in [3.05, 3.63) is 58.4 Å². The van der Waals surface area contributed by atoms with Gasteiger partial charge in [-0.15, -0.1) is 0 Å². The lowest BCUT2D eigenvalue weighted by atomic mass is 10.3. The Morgan fingerprint density at radius 2 is 1.47 bits per heavy atom. The second kappa shape index (κ2) is 10.5. The molecule has 0 bridgehead atoms. The van der Waals surface area contributed by atoms with Crippen LogP contribution >= 0.6 is 19.3 Å². The Balaban J connectivity index is 2.44. The van der Waals surface area contributed by atoms with Crippen molar-refractivity contribution in [2.24, 2.45) is 0 Å². The Bertz CT molecular complexity index is 1010. The van der Waals surface area contributed by atoms with E-state index in [2.05, 4.69) is 9.61 Å². The van der Waals surface area contributed by atoms with Gasteiger partial charge in [-0.25, -0.2) is 17.7 Å². The average molecular weight is 502 g/mol. The molecule has 0 aliphatic heterocycles. The zero-order valence-electron chi connectivity index (χ0n) is 16.9. The van der Waals surface area contributed by atoms with Crippen LogP contribution in [0.2, 0.25) is 5.02 Å². The molecule has 0 radical (unpaired) electrons. The molecule has 0 amide bonds. The summed E-state index contributed by atoms with van der Waals surface area (Å²) in [7, 11) is -4.98. The summed E-state index contributed by atoms with van der Waals surface area (Å²) in [6.07, 6.45) is -0.0576. The van der Waals surface area contributed by atoms with Gasteiger partial charge in [0, 0.05) is 5.02 Å². The predicted molar refractivity (Wildman–Crippen MR) is 105 cm³/mol. The van der Waals surface area contributed by atoms with E-state index in [1.807, 2.05) is 0 Å². The first-order valence-electron chi connectivity index (χ1n) is 9.13. The van der Waals surface area contributed by atoms with Gasteiger partial charge in [0.25, 0.3) is 0 Å². The highest BCUT2D eigenvalue weighted by atomic mass is 35.5. The number of halogens is 6. The minimum atomic E-state index is -4.98. The second-order valence-corrected chi connectivity index (χ2v) is 8.59. The monoisotopic (exact) mass is 501 g/mol. The summed E-state index contributed by atoms with van der Waals surface area (Å²) >= 11 is 5.74. The molecule has 0 aliphatic rings. The zero-order valence-corrected chi connectivity index (χ0v) is 18.6. The van der Waals surface area contributed by atoms with Gasteiger partial charge in [-0.2, -0.15) is 13.9 Å². The van der Waals surface area contributed by atoms with E-state index in [4.69, 9.17) is 20.9 Å². The van der Waals surface area contributed by atoms with E-state index in [-0.39, 0.29) is 10.8 Å². The van der Waals surface area contributed by atoms with Crippen LogP contribution in [0.4, 0.5) is 22.0 Å². The Kier molecular flexibility index (Phi) is 8.50. The summed E-state index contributed by atoms with van der Waals surface area (Å²) in [5, 5.41) is 2.33. The van der Waals surface area contributed by atoms with Gasteiger partial charge >= 0.3 is 13.7 Å². The van der Waals surface area contributed by atoms with Crippen LogP contribution in [0.15, 0.2) is 24.3 Å². The first kappa shape index (κ1) is 25.9. The van der Waals surface area contributed by atoms with Crippen LogP contribution in [-0.2, 0) is 14.1 Å². The summed E-state index contributed by atoms with van der Waals surface area (Å²) in [6.45, 7) is 4.49. The molecule has 0 spiro atoms. The van der Waals surface area contributed by atoms with Gasteiger partial charge in [0.2, 0.25) is 34.8 Å². The van der Waals surface area contributed by atoms with E-state index in [1.165, 1.54) is 31.2 Å². The fourth-order valence-corrected chi connectivity index (χ4v) is 3.81. The minimum Gasteiger partial charge on any atom is -0.462 e. The van der Waals surface area contributed by atoms with E-state index in [0.29, 0.717) is 6.42 Å². The van der Waals surface area contributed by atoms with Crippen molar-refractivity contribution in [3.63, 3.8) is 0 Å². The molecule has 2 aromatic carbocycles. The maximum absolute atomic E-state index is 14.1. The molecule has 0 saturated carbocycles. The van der Waals surface area contributed by atoms with Crippen molar-refractivity contribution in [1.82, 2.24) is 5.09 Å². The number of hydrogen-bond donors (Lipinski definition) is 1. The molecular formula is C19H18ClF5NO5P. The van der Waals surface area contributed by atoms with Gasteiger partial charge < -0.3 is 13.8 Å². The van der Waals surface area contributed by atoms with Crippen LogP contribution in [-0.4, -0.2) is 18.1 Å². The molecule has 2 aromatic rings. The Morgan fingerprint density at radius 3 is 1.97 bits per heavy atom. The van der Waals surface area contributed by atoms with Crippen molar-refractivity contribution in [2.45, 2.75) is 39.3 Å². The normalized spacial score (nSPS) is 14.9. The fraction of sp³-hybridized carbons (Fsp3) is 0.316. The van der Waals surface area contributed by atoms with Gasteiger partial charge in [0.1, 0.15) is 11.8 Å². The molecule has 0 aliphatic carbocycles. The lowest BCUT2D eigenvalue weighted by Crippen LogP contribution is -2.37. The standard InChI is InChI=1S/C19H18ClF5NO5P/c1-4-9(2)29-19(27)10(3)26-32(28,30-12-7-5-11(20)6-8-12)31-18-16(24)14(22)13(21)15(23)17(18)25/h5-10H,4H2,1-3H3,(H,26,28). The second-order valence-electron chi connectivity index (χ2n) is 6.54. The molecular weight excluding hydrogens is 484 g/mol. The minimum absolute atomic E-state index is 0.211. The summed E-state index contributed by atoms with van der Waals surface area (Å²) in [6, 6.07) is 3.57. The Morgan fingerprint density at radius 1 is 0.969 bits per heavy atom. The molecule has 0 aromatic heterocycles. The number of ether oxygens (including phenoxy) is 1. The number of rotatable bonds is 9. The van der Waals surface area contributed by atoms with E-state index in [9.17, 15) is 31.3 Å². The van der Waals surface area contributed by atoms with E-state index in [1.54, 1.807) is 13.8 Å². The van der Waals surface area contributed by atoms with E-state index < -0.39 is 60.7 Å². The Hall–Kier alpha value is -2.36. The third-order valence-corrected chi connectivity index (χ3v) is 5.85. The average Bonchev–Trinajstić information content (AvgIpc) is 2.75. The lowest BCUT2D eigenvalue weighted by molar-refractivity contribution is -0.150. The molecule has 0 fully saturated rings. The largest absolute Gasteiger partial charge is 0.513 e. The van der Waals surface area contributed by atoms with Crippen molar-refractivity contribution in [2.75, 3.05) is 0 Å². The molecule has 2 rings (SSSR count). The maximum atomic E-state index is 14.1. The van der Waals surface area contributed by atoms with Crippen LogP contribution in [0, 0.1) is 29.1 Å². The topological polar surface area (TPSA) is 73.9 Å². The van der Waals surface area contributed by atoms with Crippen LogP contribution in [0.5, 0.6) is 11.5 Å². The van der Waals surface area contributed by atoms with Crippen molar-refractivity contribution in [3.8, 4) is 11.5 Å². The third-order valence-electron chi connectivity index (χ3n) is 4.02. The van der Waals surface area contributed by atoms with Gasteiger partial charge in [-0.05, 0) is 44.5 Å². The summed E-state index contributed by atoms with van der Waals surface area (Å²) in [4.78, 5) is 12.2. The lowest BCUT2D eigenvalue weighted by Gasteiger charge is -2.24. The maximum Gasteiger partial charge on any atom is 0.513 e. The number of esters is 1. The van der Waals surface area contributed by atoms with E-state index in [0.717, 1.165) is 0 Å². The fourth-order valence-electron chi connectivity index (χ4n) is 2.16. The highest BCUT2D eigenvalue weighted by Crippen LogP contribution is 2.47. The molecule has 1 N–H and O–H groups in total. The molecule has 0 heterocycles. The van der Waals surface area contributed by atoms with Crippen LogP contribution in [0.25, 0.3) is 0 Å². The first-order chi connectivity index (χ1) is 14.9. The van der Waals surface area contributed by atoms with E-state index >= 15 is 0 Å². The number of benzene rings is 2. The highest BCUT2D eigenvalue weighted by molar-refractivity contribution is 7.52. The third kappa shape index (κ3) is 6.11. The number of carbonyl (C=O) groups is 1. The summed E-state index contributed by atoms with van der Waals surface area (Å²) < 4.78 is 96.6. The zero-order chi connectivity index (χ0) is 24.2. The molecule has 0 saturated heterocycles. The van der Waals surface area contributed by atoms with Crippen molar-refractivity contribution < 1.29 is 45.1 Å². The number of carbonyl (C=O) groups excluding carboxylic acids is 1. The van der Waals surface area contributed by atoms with Crippen LogP contribution in [0.1, 0.15) is 27.2 Å². The molecule has 6 nitrogen and oxygen atoms in total. The van der Waals surface area contributed by atoms with Crippen LogP contribution in [0.3, 0.4) is 0 Å². The van der Waals surface area contributed by atoms with Gasteiger partial charge in [-0.3, -0.25) is 4.79 Å². The molecule has 32 heavy (non-hydrogen) atoms. The van der Waals surface area contributed by atoms with Gasteiger partial charge in [0.05, 0.1) is 6.10 Å². The predicted octanol–water partition coefficient (Wildman–Crippen LogP) is 5.92. The Labute approximate surface area is 185 Å². The SMILES string of the molecule is CCC(C)OC(=O)C(C)NP(=O)(Oc1ccc(Cl)cc1)Oc1c(F)c(F)c(F)c(F)c1F. The smallest absolute Gasteiger partial charge is 0.462 e. The van der Waals surface area contributed by atoms with Crippen molar-refractivity contribution in [1.29, 1.82) is 0 Å². The van der Waals surface area contributed by atoms with Gasteiger partial charge in [0.15, 0.2) is 0 Å². The molecule has 13 heteroatoms. The summed E-state index contributed by atoms with van der Waals surface area (Å²) in [5.41, 5.74) is 0. The highest BCUT2D eigenvalue weighted by Gasteiger charge is 2.38. The first-order valence-corrected chi connectivity index (χ1v) is 11.0. The number of nitrogens with one attached hydrogen (secondary N) is 1. The molecule has 3 atom stereocenters. The van der Waals surface area contributed by atoms with Gasteiger partial charge in [-0.1, -0.05) is 18.5 Å². The van der Waals surface area contributed by atoms with Crippen molar-refractivity contribution >= 4 is 25.3 Å². The number of hydrogen-bond acceptors (Lipinski definition) is 5. The quantitative estimate of drug-likeness (QED) is 0.151.